The van der Waals surface area contributed by atoms with Gasteiger partial charge in [-0.25, -0.2) is 19.0 Å². The number of rotatable bonds is 9. The number of carbonyl (C=O) groups excluding carboxylic acids is 2. The van der Waals surface area contributed by atoms with E-state index in [1.54, 1.807) is 22.5 Å². The summed E-state index contributed by atoms with van der Waals surface area (Å²) in [7, 11) is 0. The fraction of sp³-hybridized carbons (Fsp3) is 0.448. The third-order valence-corrected chi connectivity index (χ3v) is 8.61. The van der Waals surface area contributed by atoms with Gasteiger partial charge in [0.2, 0.25) is 5.95 Å². The molecular formula is C29H32F2N8O4S. The Labute approximate surface area is 256 Å². The van der Waals surface area contributed by atoms with Gasteiger partial charge in [0.25, 0.3) is 11.8 Å². The van der Waals surface area contributed by atoms with E-state index < -0.39 is 17.7 Å². The Morgan fingerprint density at radius 1 is 1.09 bits per heavy atom. The van der Waals surface area contributed by atoms with Gasteiger partial charge in [0.05, 0.1) is 43.8 Å². The van der Waals surface area contributed by atoms with Gasteiger partial charge in [-0.15, -0.1) is 11.3 Å². The van der Waals surface area contributed by atoms with Gasteiger partial charge >= 0.3 is 0 Å². The highest BCUT2D eigenvalue weighted by Gasteiger charge is 2.27. The Kier molecular flexibility index (Phi) is 9.16. The molecule has 0 spiro atoms. The minimum Gasteiger partial charge on any atom is -0.379 e. The van der Waals surface area contributed by atoms with Crippen molar-refractivity contribution in [1.82, 2.24) is 34.4 Å². The van der Waals surface area contributed by atoms with E-state index in [1.807, 2.05) is 11.8 Å². The third-order valence-electron chi connectivity index (χ3n) is 7.72. The third kappa shape index (κ3) is 6.75. The molecule has 6 rings (SSSR count). The van der Waals surface area contributed by atoms with Gasteiger partial charge in [-0.1, -0.05) is 0 Å². The van der Waals surface area contributed by atoms with Gasteiger partial charge in [-0.2, -0.15) is 14.6 Å². The van der Waals surface area contributed by atoms with E-state index in [9.17, 15) is 18.4 Å². The Bertz CT molecular complexity index is 1620. The maximum atomic E-state index is 14.8. The summed E-state index contributed by atoms with van der Waals surface area (Å²) in [5.41, 5.74) is 0.621. The predicted octanol–water partition coefficient (Wildman–Crippen LogP) is 4.29. The molecule has 1 aliphatic heterocycles. The Hall–Kier alpha value is -3.92. The first-order valence-corrected chi connectivity index (χ1v) is 15.4. The average molecular weight is 627 g/mol. The molecule has 232 valence electrons. The number of amides is 1. The summed E-state index contributed by atoms with van der Waals surface area (Å²) in [6.07, 6.45) is 8.19. The standard InChI is InChI=1S/C29H32F2N8O4S/c1-2-43-20-5-3-19(4-6-20)38-15-22(27(36-38)26-21(30)7-8-24(31)35-26)33-28(41)23-17-44-29(34-23)18-13-32-39(14-18)25(40)16-37-9-11-42-12-10-37/h7-8,13-15,17,19-20H,2-6,9-12,16H2,1H3,(H,33,41). The smallest absolute Gasteiger partial charge is 0.275 e. The van der Waals surface area contributed by atoms with Crippen molar-refractivity contribution in [3.05, 3.63) is 53.6 Å². The summed E-state index contributed by atoms with van der Waals surface area (Å²) in [4.78, 5) is 36.2. The van der Waals surface area contributed by atoms with Gasteiger partial charge in [0, 0.05) is 43.0 Å². The largest absolute Gasteiger partial charge is 0.379 e. The number of carbonyl (C=O) groups is 2. The lowest BCUT2D eigenvalue weighted by atomic mass is 9.93. The Morgan fingerprint density at radius 2 is 1.89 bits per heavy atom. The number of aromatic nitrogens is 6. The van der Waals surface area contributed by atoms with Crippen LogP contribution in [0, 0.1) is 11.8 Å². The minimum atomic E-state index is -0.862. The quantitative estimate of drug-likeness (QED) is 0.271. The number of hydrogen-bond acceptors (Lipinski definition) is 10. The van der Waals surface area contributed by atoms with Gasteiger partial charge in [-0.3, -0.25) is 19.2 Å². The number of morpholine rings is 1. The van der Waals surface area contributed by atoms with Crippen LogP contribution in [0.5, 0.6) is 0 Å². The summed E-state index contributed by atoms with van der Waals surface area (Å²) in [5, 5.41) is 13.6. The van der Waals surface area contributed by atoms with Crippen molar-refractivity contribution in [2.45, 2.75) is 44.8 Å². The molecule has 0 unspecified atom stereocenters. The molecule has 1 saturated carbocycles. The second-order valence-electron chi connectivity index (χ2n) is 10.7. The molecule has 0 aromatic carbocycles. The Morgan fingerprint density at radius 3 is 2.66 bits per heavy atom. The van der Waals surface area contributed by atoms with Gasteiger partial charge in [-0.05, 0) is 44.7 Å². The zero-order chi connectivity index (χ0) is 30.6. The van der Waals surface area contributed by atoms with Crippen molar-refractivity contribution in [3.63, 3.8) is 0 Å². The highest BCUT2D eigenvalue weighted by atomic mass is 32.1. The fourth-order valence-electron chi connectivity index (χ4n) is 5.43. The molecule has 2 fully saturated rings. The van der Waals surface area contributed by atoms with Crippen molar-refractivity contribution < 1.29 is 27.8 Å². The lowest BCUT2D eigenvalue weighted by Gasteiger charge is -2.28. The van der Waals surface area contributed by atoms with Crippen LogP contribution in [0.1, 0.15) is 53.9 Å². The highest BCUT2D eigenvalue weighted by molar-refractivity contribution is 7.13. The maximum Gasteiger partial charge on any atom is 0.275 e. The monoisotopic (exact) mass is 626 g/mol. The number of hydrogen-bond donors (Lipinski definition) is 1. The number of thiazole rings is 1. The van der Waals surface area contributed by atoms with Crippen LogP contribution in [0.15, 0.2) is 36.1 Å². The first-order valence-electron chi connectivity index (χ1n) is 14.6. The van der Waals surface area contributed by atoms with Crippen molar-refractivity contribution in [3.8, 4) is 22.0 Å². The van der Waals surface area contributed by atoms with E-state index in [4.69, 9.17) is 9.47 Å². The topological polar surface area (TPSA) is 129 Å². The number of nitrogens with one attached hydrogen (secondary N) is 1. The van der Waals surface area contributed by atoms with Gasteiger partial charge in [0.1, 0.15) is 22.1 Å². The van der Waals surface area contributed by atoms with Crippen LogP contribution in [0.25, 0.3) is 22.0 Å². The molecule has 15 heteroatoms. The van der Waals surface area contributed by atoms with Crippen molar-refractivity contribution in [2.24, 2.45) is 0 Å². The fourth-order valence-corrected chi connectivity index (χ4v) is 6.21. The minimum absolute atomic E-state index is 0.00102. The number of halogens is 2. The molecule has 1 amide bonds. The SMILES string of the molecule is CCOC1CCC(n2cc(NC(=O)c3csc(-c4cnn(C(=O)CN5CCOCC5)c4)n3)c(-c3nc(F)ccc3F)n2)CC1. The number of ether oxygens (including phenoxy) is 2. The lowest BCUT2D eigenvalue weighted by Crippen LogP contribution is -2.40. The zero-order valence-electron chi connectivity index (χ0n) is 24.1. The van der Waals surface area contributed by atoms with Crippen LogP contribution in [-0.2, 0) is 9.47 Å². The van der Waals surface area contributed by atoms with Crippen LogP contribution in [0.2, 0.25) is 0 Å². The van der Waals surface area contributed by atoms with Crippen LogP contribution in [0.3, 0.4) is 0 Å². The predicted molar refractivity (Wildman–Crippen MR) is 157 cm³/mol. The van der Waals surface area contributed by atoms with E-state index in [2.05, 4.69) is 25.5 Å². The van der Waals surface area contributed by atoms with Gasteiger partial charge in [0.15, 0.2) is 5.82 Å². The maximum absolute atomic E-state index is 14.8. The lowest BCUT2D eigenvalue weighted by molar-refractivity contribution is 0.0260. The zero-order valence-corrected chi connectivity index (χ0v) is 24.9. The number of anilines is 1. The summed E-state index contributed by atoms with van der Waals surface area (Å²) in [6.45, 7) is 5.38. The first-order chi connectivity index (χ1) is 21.4. The molecule has 2 aliphatic rings. The normalized spacial score (nSPS) is 19.2. The second kappa shape index (κ2) is 13.4. The summed E-state index contributed by atoms with van der Waals surface area (Å²) >= 11 is 1.22. The molecule has 4 aromatic heterocycles. The van der Waals surface area contributed by atoms with Crippen LogP contribution in [0.4, 0.5) is 14.5 Å². The molecule has 1 N–H and O–H groups in total. The van der Waals surface area contributed by atoms with Crippen LogP contribution < -0.4 is 5.32 Å². The molecule has 4 aromatic rings. The summed E-state index contributed by atoms with van der Waals surface area (Å²) in [5.74, 6) is -2.36. The molecule has 1 aliphatic carbocycles. The van der Waals surface area contributed by atoms with E-state index in [0.29, 0.717) is 43.5 Å². The van der Waals surface area contributed by atoms with Gasteiger partial charge < -0.3 is 14.8 Å². The molecule has 44 heavy (non-hydrogen) atoms. The number of nitrogens with zero attached hydrogens (tertiary/aromatic N) is 7. The van der Waals surface area contributed by atoms with E-state index in [-0.39, 0.29) is 47.4 Å². The summed E-state index contributed by atoms with van der Waals surface area (Å²) in [6, 6.07) is 1.91. The van der Waals surface area contributed by atoms with E-state index in [1.165, 1.54) is 22.2 Å². The molecule has 0 bridgehead atoms. The molecule has 0 atom stereocenters. The molecule has 1 saturated heterocycles. The molecule has 12 nitrogen and oxygen atoms in total. The van der Waals surface area contributed by atoms with Crippen molar-refractivity contribution in [2.75, 3.05) is 44.8 Å². The van der Waals surface area contributed by atoms with Crippen molar-refractivity contribution >= 4 is 28.8 Å². The first kappa shape index (κ1) is 30.1. The molecule has 0 radical (unpaired) electrons. The second-order valence-corrected chi connectivity index (χ2v) is 11.5. The Balaban J connectivity index is 1.19. The molecule has 5 heterocycles. The number of pyridine rings is 1. The average Bonchev–Trinajstić information content (AvgIpc) is 3.80. The van der Waals surface area contributed by atoms with Crippen LogP contribution >= 0.6 is 11.3 Å². The van der Waals surface area contributed by atoms with Crippen LogP contribution in [-0.4, -0.2) is 91.8 Å². The van der Waals surface area contributed by atoms with E-state index >= 15 is 0 Å². The highest BCUT2D eigenvalue weighted by Crippen LogP contribution is 2.34. The summed E-state index contributed by atoms with van der Waals surface area (Å²) < 4.78 is 42.9. The van der Waals surface area contributed by atoms with Crippen molar-refractivity contribution in [1.29, 1.82) is 0 Å². The van der Waals surface area contributed by atoms with E-state index in [0.717, 1.165) is 37.8 Å². The molecular weight excluding hydrogens is 594 g/mol.